The second kappa shape index (κ2) is 8.53. The number of amides is 1. The molecule has 0 aromatic heterocycles. The van der Waals surface area contributed by atoms with Gasteiger partial charge in [-0.2, -0.15) is 0 Å². The van der Waals surface area contributed by atoms with Crippen molar-refractivity contribution in [2.24, 2.45) is 17.6 Å². The van der Waals surface area contributed by atoms with Gasteiger partial charge in [0.2, 0.25) is 5.91 Å². The highest BCUT2D eigenvalue weighted by molar-refractivity contribution is 5.79. The van der Waals surface area contributed by atoms with Crippen LogP contribution in [0.25, 0.3) is 0 Å². The monoisotopic (exact) mass is 230 g/mol. The van der Waals surface area contributed by atoms with E-state index in [1.54, 1.807) is 0 Å². The number of hydrogen-bond acceptors (Lipinski definition) is 3. The van der Waals surface area contributed by atoms with Gasteiger partial charge in [0.05, 0.1) is 12.0 Å². The first kappa shape index (κ1) is 15.4. The molecule has 1 amide bonds. The van der Waals surface area contributed by atoms with Gasteiger partial charge in [0.15, 0.2) is 0 Å². The van der Waals surface area contributed by atoms with Crippen LogP contribution in [0, 0.1) is 11.8 Å². The zero-order chi connectivity index (χ0) is 12.6. The molecule has 3 N–H and O–H groups in total. The van der Waals surface area contributed by atoms with E-state index < -0.39 is 0 Å². The maximum Gasteiger partial charge on any atom is 0.224 e. The first-order chi connectivity index (χ1) is 7.49. The number of nitrogens with two attached hydrogens (primary N) is 1. The fourth-order valence-corrected chi connectivity index (χ4v) is 1.42. The van der Waals surface area contributed by atoms with Gasteiger partial charge in [0.1, 0.15) is 0 Å². The van der Waals surface area contributed by atoms with Crippen molar-refractivity contribution in [3.8, 4) is 0 Å². The summed E-state index contributed by atoms with van der Waals surface area (Å²) in [6.07, 6.45) is 1.10. The molecule has 0 radical (unpaired) electrons. The Kier molecular flexibility index (Phi) is 8.21. The molecule has 0 rings (SSSR count). The number of ether oxygens (including phenoxy) is 1. The Labute approximate surface area is 98.9 Å². The number of nitrogens with one attached hydrogen (secondary N) is 1. The van der Waals surface area contributed by atoms with Gasteiger partial charge in [-0.25, -0.2) is 0 Å². The molecule has 0 spiro atoms. The third kappa shape index (κ3) is 6.80. The minimum atomic E-state index is -0.0778. The molecule has 0 aliphatic heterocycles. The molecule has 0 saturated carbocycles. The van der Waals surface area contributed by atoms with Gasteiger partial charge in [0, 0.05) is 19.7 Å². The minimum absolute atomic E-state index is 0.0575. The van der Waals surface area contributed by atoms with Crippen molar-refractivity contribution >= 4 is 5.91 Å². The van der Waals surface area contributed by atoms with Gasteiger partial charge < -0.3 is 15.8 Å². The number of hydrogen-bond donors (Lipinski definition) is 2. The van der Waals surface area contributed by atoms with Gasteiger partial charge in [-0.15, -0.1) is 0 Å². The van der Waals surface area contributed by atoms with Gasteiger partial charge in [-0.3, -0.25) is 4.79 Å². The van der Waals surface area contributed by atoms with E-state index in [1.807, 2.05) is 27.7 Å². The summed E-state index contributed by atoms with van der Waals surface area (Å²) in [7, 11) is 0. The van der Waals surface area contributed by atoms with E-state index >= 15 is 0 Å². The maximum absolute atomic E-state index is 11.7. The van der Waals surface area contributed by atoms with Crippen molar-refractivity contribution in [3.05, 3.63) is 0 Å². The molecule has 96 valence electrons. The summed E-state index contributed by atoms with van der Waals surface area (Å²) < 4.78 is 5.38. The largest absolute Gasteiger partial charge is 0.379 e. The van der Waals surface area contributed by atoms with Crippen LogP contribution >= 0.6 is 0 Å². The van der Waals surface area contributed by atoms with E-state index in [2.05, 4.69) is 5.32 Å². The summed E-state index contributed by atoms with van der Waals surface area (Å²) in [5, 5.41) is 2.89. The van der Waals surface area contributed by atoms with Gasteiger partial charge >= 0.3 is 0 Å². The zero-order valence-corrected chi connectivity index (χ0v) is 11.0. The third-order valence-electron chi connectivity index (χ3n) is 2.47. The molecule has 4 nitrogen and oxygen atoms in total. The minimum Gasteiger partial charge on any atom is -0.379 e. The molecule has 0 saturated heterocycles. The van der Waals surface area contributed by atoms with Crippen LogP contribution in [0.4, 0.5) is 0 Å². The Morgan fingerprint density at radius 3 is 2.38 bits per heavy atom. The second-order valence-corrected chi connectivity index (χ2v) is 4.65. The van der Waals surface area contributed by atoms with Crippen molar-refractivity contribution in [3.63, 3.8) is 0 Å². The first-order valence-electron chi connectivity index (χ1n) is 6.08. The third-order valence-corrected chi connectivity index (χ3v) is 2.47. The van der Waals surface area contributed by atoms with Crippen molar-refractivity contribution in [2.45, 2.75) is 40.2 Å². The lowest BCUT2D eigenvalue weighted by Crippen LogP contribution is -2.38. The molecule has 0 bridgehead atoms. The molecular formula is C12H26N2O2. The van der Waals surface area contributed by atoms with Crippen LogP contribution in [0.3, 0.4) is 0 Å². The molecule has 0 aliphatic rings. The Balaban J connectivity index is 3.64. The van der Waals surface area contributed by atoms with Crippen LogP contribution in [0.2, 0.25) is 0 Å². The van der Waals surface area contributed by atoms with Crippen LogP contribution in [0.1, 0.15) is 34.1 Å². The van der Waals surface area contributed by atoms with Gasteiger partial charge in [0.25, 0.3) is 0 Å². The van der Waals surface area contributed by atoms with Crippen LogP contribution < -0.4 is 11.1 Å². The Morgan fingerprint density at radius 2 is 1.94 bits per heavy atom. The van der Waals surface area contributed by atoms with Gasteiger partial charge in [-0.05, 0) is 26.2 Å². The summed E-state index contributed by atoms with van der Waals surface area (Å²) in [6.45, 7) is 9.79. The van der Waals surface area contributed by atoms with Crippen LogP contribution in [0.15, 0.2) is 0 Å². The highest BCUT2D eigenvalue weighted by Gasteiger charge is 2.19. The molecule has 16 heavy (non-hydrogen) atoms. The fourth-order valence-electron chi connectivity index (χ4n) is 1.42. The maximum atomic E-state index is 11.7. The number of carbonyl (C=O) groups excluding carboxylic acids is 1. The standard InChI is InChI=1S/C12H26N2O2/c1-9(2)11(8-13)12(15)14-6-5-7-16-10(3)4/h9-11H,5-8,13H2,1-4H3,(H,14,15). The Morgan fingerprint density at radius 1 is 1.31 bits per heavy atom. The smallest absolute Gasteiger partial charge is 0.224 e. The van der Waals surface area contributed by atoms with Crippen molar-refractivity contribution < 1.29 is 9.53 Å². The topological polar surface area (TPSA) is 64.3 Å². The van der Waals surface area contributed by atoms with Crippen LogP contribution in [0.5, 0.6) is 0 Å². The SMILES string of the molecule is CC(C)OCCCNC(=O)C(CN)C(C)C. The molecule has 0 fully saturated rings. The lowest BCUT2D eigenvalue weighted by Gasteiger charge is -2.18. The second-order valence-electron chi connectivity index (χ2n) is 4.65. The molecule has 0 aromatic carbocycles. The molecule has 0 aliphatic carbocycles. The molecule has 4 heteroatoms. The summed E-state index contributed by atoms with van der Waals surface area (Å²) in [5.74, 6) is 0.268. The molecule has 1 atom stereocenters. The fraction of sp³-hybridized carbons (Fsp3) is 0.917. The summed E-state index contributed by atoms with van der Waals surface area (Å²) in [5.41, 5.74) is 5.56. The van der Waals surface area contributed by atoms with E-state index in [-0.39, 0.29) is 23.8 Å². The quantitative estimate of drug-likeness (QED) is 0.615. The lowest BCUT2D eigenvalue weighted by molar-refractivity contribution is -0.126. The summed E-state index contributed by atoms with van der Waals surface area (Å²) in [6, 6.07) is 0. The van der Waals surface area contributed by atoms with E-state index in [1.165, 1.54) is 0 Å². The van der Waals surface area contributed by atoms with E-state index in [0.29, 0.717) is 19.7 Å². The lowest BCUT2D eigenvalue weighted by atomic mass is 9.95. The molecule has 0 aromatic rings. The van der Waals surface area contributed by atoms with Crippen LogP contribution in [-0.4, -0.2) is 31.7 Å². The highest BCUT2D eigenvalue weighted by Crippen LogP contribution is 2.08. The van der Waals surface area contributed by atoms with Crippen LogP contribution in [-0.2, 0) is 9.53 Å². The Hall–Kier alpha value is -0.610. The van der Waals surface area contributed by atoms with E-state index in [0.717, 1.165) is 6.42 Å². The predicted molar refractivity (Wildman–Crippen MR) is 66.1 cm³/mol. The Bertz CT molecular complexity index is 193. The van der Waals surface area contributed by atoms with E-state index in [9.17, 15) is 4.79 Å². The van der Waals surface area contributed by atoms with Crippen molar-refractivity contribution in [2.75, 3.05) is 19.7 Å². The van der Waals surface area contributed by atoms with Crippen molar-refractivity contribution in [1.29, 1.82) is 0 Å². The average molecular weight is 230 g/mol. The first-order valence-corrected chi connectivity index (χ1v) is 6.08. The molecule has 1 unspecified atom stereocenters. The highest BCUT2D eigenvalue weighted by atomic mass is 16.5. The predicted octanol–water partition coefficient (Wildman–Crippen LogP) is 1.15. The van der Waals surface area contributed by atoms with Crippen molar-refractivity contribution in [1.82, 2.24) is 5.32 Å². The molecule has 0 heterocycles. The number of rotatable bonds is 8. The van der Waals surface area contributed by atoms with Gasteiger partial charge in [-0.1, -0.05) is 13.8 Å². The average Bonchev–Trinajstić information content (AvgIpc) is 2.17. The normalized spacial score (nSPS) is 13.2. The number of carbonyl (C=O) groups is 1. The van der Waals surface area contributed by atoms with E-state index in [4.69, 9.17) is 10.5 Å². The molecular weight excluding hydrogens is 204 g/mol. The summed E-state index contributed by atoms with van der Waals surface area (Å²) >= 11 is 0. The summed E-state index contributed by atoms with van der Waals surface area (Å²) in [4.78, 5) is 11.7. The zero-order valence-electron chi connectivity index (χ0n) is 11.0.